The zero-order valence-electron chi connectivity index (χ0n) is 20.9. The predicted octanol–water partition coefficient (Wildman–Crippen LogP) is 4.86. The van der Waals surface area contributed by atoms with E-state index in [9.17, 15) is 29.1 Å². The molecule has 12 heteroatoms. The second-order valence-corrected chi connectivity index (χ2v) is 8.51. The standard InChI is InChI=1S/C27H20N6O6/c1-16-4-7-19(10-22(16)28-13-34)31-25(37)32(20-8-5-17(2)23(11-20)29-14-35)27(39)33(26(31)38)21-9-6-18(3)24(12-21)30-15-36/h4-12,25,37H,1-3H3. The summed E-state index contributed by atoms with van der Waals surface area (Å²) in [6, 6.07) is 11.5. The number of benzene rings is 3. The van der Waals surface area contributed by atoms with Gasteiger partial charge in [-0.15, -0.1) is 0 Å². The lowest BCUT2D eigenvalue weighted by Crippen LogP contribution is -2.67. The number of hydrogen-bond acceptors (Lipinski definition) is 9. The van der Waals surface area contributed by atoms with Crippen LogP contribution in [0.15, 0.2) is 69.6 Å². The summed E-state index contributed by atoms with van der Waals surface area (Å²) in [4.78, 5) is 74.0. The number of carbonyl (C=O) groups is 2. The van der Waals surface area contributed by atoms with Crippen molar-refractivity contribution in [2.75, 3.05) is 14.7 Å². The number of anilines is 3. The van der Waals surface area contributed by atoms with E-state index in [1.54, 1.807) is 39.0 Å². The highest BCUT2D eigenvalue weighted by Gasteiger charge is 2.46. The van der Waals surface area contributed by atoms with Gasteiger partial charge in [-0.05, 0) is 73.9 Å². The highest BCUT2D eigenvalue weighted by Crippen LogP contribution is 2.37. The van der Waals surface area contributed by atoms with Gasteiger partial charge in [0.15, 0.2) is 0 Å². The Labute approximate surface area is 221 Å². The monoisotopic (exact) mass is 524 g/mol. The van der Waals surface area contributed by atoms with Crippen molar-refractivity contribution in [2.45, 2.75) is 27.1 Å². The number of amides is 4. The molecule has 12 nitrogen and oxygen atoms in total. The molecule has 4 amide bonds. The second-order valence-electron chi connectivity index (χ2n) is 8.51. The minimum absolute atomic E-state index is 0.0583. The zero-order chi connectivity index (χ0) is 28.3. The fourth-order valence-electron chi connectivity index (χ4n) is 4.06. The maximum absolute atomic E-state index is 13.8. The van der Waals surface area contributed by atoms with Gasteiger partial charge in [0.05, 0.1) is 34.1 Å². The smallest absolute Gasteiger partial charge is 0.340 e. The number of aliphatic hydroxyl groups is 1. The van der Waals surface area contributed by atoms with Crippen LogP contribution in [0.25, 0.3) is 0 Å². The molecule has 1 fully saturated rings. The van der Waals surface area contributed by atoms with Crippen molar-refractivity contribution in [2.24, 2.45) is 15.0 Å². The van der Waals surface area contributed by atoms with Crippen molar-refractivity contribution in [3.63, 3.8) is 0 Å². The Kier molecular flexibility index (Phi) is 7.39. The highest BCUT2D eigenvalue weighted by molar-refractivity contribution is 6.26. The first-order valence-electron chi connectivity index (χ1n) is 11.4. The number of isocyanates is 3. The molecule has 1 aliphatic heterocycles. The maximum Gasteiger partial charge on any atom is 0.340 e. The summed E-state index contributed by atoms with van der Waals surface area (Å²) in [5, 5.41) is 11.4. The molecule has 3 aromatic carbocycles. The van der Waals surface area contributed by atoms with Gasteiger partial charge in [0, 0.05) is 0 Å². The Balaban J connectivity index is 1.95. The lowest BCUT2D eigenvalue weighted by molar-refractivity contribution is 0.156. The molecule has 0 aliphatic carbocycles. The average molecular weight is 524 g/mol. The molecular formula is C27H20N6O6. The molecule has 0 bridgehead atoms. The Bertz CT molecular complexity index is 1560. The minimum Gasteiger partial charge on any atom is -0.356 e. The number of urea groups is 2. The van der Waals surface area contributed by atoms with Crippen LogP contribution in [0.2, 0.25) is 0 Å². The van der Waals surface area contributed by atoms with Crippen LogP contribution in [0.5, 0.6) is 0 Å². The Morgan fingerprint density at radius 2 is 0.949 bits per heavy atom. The summed E-state index contributed by atoms with van der Waals surface area (Å²) in [6.45, 7) is 5.07. The van der Waals surface area contributed by atoms with E-state index in [-0.39, 0.29) is 34.1 Å². The topological polar surface area (TPSA) is 152 Å². The SMILES string of the molecule is Cc1ccc(N2C(=O)N(c3ccc(C)c(N=C=O)c3)C(O)N(c3ccc(C)c(N=C=O)c3)C2=O)cc1N=C=O. The Hall–Kier alpha value is -5.50. The zero-order valence-corrected chi connectivity index (χ0v) is 20.9. The molecule has 0 unspecified atom stereocenters. The number of carbonyl (C=O) groups excluding carboxylic acids is 5. The predicted molar refractivity (Wildman–Crippen MR) is 141 cm³/mol. The molecule has 1 aliphatic rings. The molecule has 0 radical (unpaired) electrons. The normalized spacial score (nSPS) is 14.9. The van der Waals surface area contributed by atoms with Crippen LogP contribution in [0.3, 0.4) is 0 Å². The fraction of sp³-hybridized carbons (Fsp3) is 0.148. The summed E-state index contributed by atoms with van der Waals surface area (Å²) in [5.41, 5.74) is 2.69. The largest absolute Gasteiger partial charge is 0.356 e. The number of rotatable bonds is 6. The third-order valence-corrected chi connectivity index (χ3v) is 6.15. The molecule has 4 rings (SSSR count). The van der Waals surface area contributed by atoms with Gasteiger partial charge in [-0.25, -0.2) is 38.7 Å². The third-order valence-electron chi connectivity index (χ3n) is 6.15. The summed E-state index contributed by atoms with van der Waals surface area (Å²) >= 11 is 0. The van der Waals surface area contributed by atoms with Crippen LogP contribution in [0.1, 0.15) is 16.7 Å². The van der Waals surface area contributed by atoms with Crippen molar-refractivity contribution >= 4 is 64.4 Å². The molecule has 3 aromatic rings. The van der Waals surface area contributed by atoms with Gasteiger partial charge in [0.25, 0.3) is 0 Å². The van der Waals surface area contributed by atoms with E-state index < -0.39 is 18.4 Å². The summed E-state index contributed by atoms with van der Waals surface area (Å²) < 4.78 is 0. The van der Waals surface area contributed by atoms with Crippen molar-refractivity contribution in [3.05, 3.63) is 71.3 Å². The molecule has 194 valence electrons. The minimum atomic E-state index is -1.86. The maximum atomic E-state index is 13.8. The molecule has 0 saturated carbocycles. The van der Waals surface area contributed by atoms with Gasteiger partial charge in [-0.2, -0.15) is 15.0 Å². The van der Waals surface area contributed by atoms with E-state index in [4.69, 9.17) is 0 Å². The summed E-state index contributed by atoms with van der Waals surface area (Å²) in [5.74, 6) is 0. The number of imide groups is 1. The quantitative estimate of drug-likeness (QED) is 0.359. The van der Waals surface area contributed by atoms with E-state index in [1.165, 1.54) is 54.6 Å². The first-order chi connectivity index (χ1) is 18.7. The van der Waals surface area contributed by atoms with Crippen LogP contribution < -0.4 is 14.7 Å². The van der Waals surface area contributed by atoms with Gasteiger partial charge in [0.1, 0.15) is 0 Å². The van der Waals surface area contributed by atoms with Gasteiger partial charge in [-0.3, -0.25) is 0 Å². The van der Waals surface area contributed by atoms with Crippen molar-refractivity contribution < 1.29 is 29.1 Å². The Morgan fingerprint density at radius 1 is 0.615 bits per heavy atom. The van der Waals surface area contributed by atoms with Crippen LogP contribution in [-0.2, 0) is 14.4 Å². The van der Waals surface area contributed by atoms with E-state index in [0.717, 1.165) is 14.7 Å². The lowest BCUT2D eigenvalue weighted by Gasteiger charge is -2.44. The molecule has 0 spiro atoms. The van der Waals surface area contributed by atoms with Crippen molar-refractivity contribution in [1.82, 2.24) is 0 Å². The number of aliphatic imine (C=N–C) groups is 3. The Morgan fingerprint density at radius 3 is 1.31 bits per heavy atom. The summed E-state index contributed by atoms with van der Waals surface area (Å²) in [7, 11) is 0. The molecule has 1 saturated heterocycles. The van der Waals surface area contributed by atoms with E-state index in [2.05, 4.69) is 15.0 Å². The summed E-state index contributed by atoms with van der Waals surface area (Å²) in [6.07, 6.45) is 2.49. The van der Waals surface area contributed by atoms with E-state index >= 15 is 0 Å². The molecule has 0 atom stereocenters. The van der Waals surface area contributed by atoms with Gasteiger partial charge >= 0.3 is 12.1 Å². The third kappa shape index (κ3) is 4.91. The first kappa shape index (κ1) is 26.6. The number of hydrogen-bond donors (Lipinski definition) is 1. The van der Waals surface area contributed by atoms with Crippen LogP contribution in [0, 0.1) is 20.8 Å². The molecule has 39 heavy (non-hydrogen) atoms. The number of aryl methyl sites for hydroxylation is 3. The fourth-order valence-corrected chi connectivity index (χ4v) is 4.06. The van der Waals surface area contributed by atoms with Crippen LogP contribution >= 0.6 is 0 Å². The van der Waals surface area contributed by atoms with Gasteiger partial charge < -0.3 is 5.11 Å². The number of aliphatic hydroxyl groups excluding tert-OH is 1. The molecular weight excluding hydrogens is 504 g/mol. The lowest BCUT2D eigenvalue weighted by atomic mass is 10.1. The second kappa shape index (κ2) is 10.9. The average Bonchev–Trinajstić information content (AvgIpc) is 2.90. The first-order valence-corrected chi connectivity index (χ1v) is 11.4. The van der Waals surface area contributed by atoms with E-state index in [0.29, 0.717) is 16.7 Å². The number of nitrogens with zero attached hydrogens (tertiary/aromatic N) is 6. The molecule has 1 heterocycles. The van der Waals surface area contributed by atoms with Crippen LogP contribution in [0.4, 0.5) is 43.7 Å². The van der Waals surface area contributed by atoms with Crippen molar-refractivity contribution in [1.29, 1.82) is 0 Å². The van der Waals surface area contributed by atoms with Crippen LogP contribution in [-0.4, -0.2) is 41.8 Å². The highest BCUT2D eigenvalue weighted by atomic mass is 16.3. The van der Waals surface area contributed by atoms with E-state index in [1.807, 2.05) is 0 Å². The molecule has 0 aromatic heterocycles. The van der Waals surface area contributed by atoms with Gasteiger partial charge in [-0.1, -0.05) is 18.2 Å². The molecule has 1 N–H and O–H groups in total. The van der Waals surface area contributed by atoms with Gasteiger partial charge in [0.2, 0.25) is 24.6 Å². The van der Waals surface area contributed by atoms with Crippen molar-refractivity contribution in [3.8, 4) is 0 Å².